The SMILES string of the molecule is Cc1ccc(N(CC(=O)NCc2ccccc2)C(=O)CCC(=O)Nc2cc(C)ccn2)cc1. The molecule has 1 heterocycles. The summed E-state index contributed by atoms with van der Waals surface area (Å²) in [7, 11) is 0. The van der Waals surface area contributed by atoms with Crippen LogP contribution in [0.15, 0.2) is 72.9 Å². The first-order valence-electron chi connectivity index (χ1n) is 10.8. The van der Waals surface area contributed by atoms with Crippen molar-refractivity contribution in [2.24, 2.45) is 0 Å². The predicted molar refractivity (Wildman–Crippen MR) is 129 cm³/mol. The molecule has 0 saturated carbocycles. The number of carbonyl (C=O) groups is 3. The second-order valence-electron chi connectivity index (χ2n) is 7.84. The number of aryl methyl sites for hydroxylation is 2. The van der Waals surface area contributed by atoms with Crippen molar-refractivity contribution in [3.05, 3.63) is 89.6 Å². The Hall–Kier alpha value is -4.00. The Morgan fingerprint density at radius 3 is 2.27 bits per heavy atom. The van der Waals surface area contributed by atoms with E-state index in [2.05, 4.69) is 15.6 Å². The average molecular weight is 445 g/mol. The lowest BCUT2D eigenvalue weighted by Crippen LogP contribution is -2.41. The number of rotatable bonds is 9. The molecular weight excluding hydrogens is 416 g/mol. The minimum atomic E-state index is -0.307. The van der Waals surface area contributed by atoms with Gasteiger partial charge in [0.2, 0.25) is 17.7 Å². The summed E-state index contributed by atoms with van der Waals surface area (Å²) in [5.74, 6) is -0.441. The number of benzene rings is 2. The molecule has 0 saturated heterocycles. The molecule has 170 valence electrons. The molecule has 3 rings (SSSR count). The van der Waals surface area contributed by atoms with Crippen molar-refractivity contribution < 1.29 is 14.4 Å². The van der Waals surface area contributed by atoms with Gasteiger partial charge in [0.15, 0.2) is 0 Å². The fraction of sp³-hybridized carbons (Fsp3) is 0.231. The lowest BCUT2D eigenvalue weighted by molar-refractivity contribution is -0.125. The summed E-state index contributed by atoms with van der Waals surface area (Å²) in [5.41, 5.74) is 3.61. The number of nitrogens with zero attached hydrogens (tertiary/aromatic N) is 2. The van der Waals surface area contributed by atoms with Gasteiger partial charge in [-0.3, -0.25) is 14.4 Å². The highest BCUT2D eigenvalue weighted by Crippen LogP contribution is 2.17. The van der Waals surface area contributed by atoms with E-state index in [0.29, 0.717) is 18.1 Å². The van der Waals surface area contributed by atoms with Crippen LogP contribution in [0.25, 0.3) is 0 Å². The fourth-order valence-corrected chi connectivity index (χ4v) is 3.21. The van der Waals surface area contributed by atoms with Crippen LogP contribution in [0, 0.1) is 13.8 Å². The van der Waals surface area contributed by atoms with Crippen LogP contribution in [0.1, 0.15) is 29.5 Å². The van der Waals surface area contributed by atoms with Crippen molar-refractivity contribution in [1.29, 1.82) is 0 Å². The molecule has 0 aliphatic carbocycles. The molecule has 0 bridgehead atoms. The fourth-order valence-electron chi connectivity index (χ4n) is 3.21. The highest BCUT2D eigenvalue weighted by molar-refractivity contribution is 6.01. The van der Waals surface area contributed by atoms with Gasteiger partial charge < -0.3 is 15.5 Å². The van der Waals surface area contributed by atoms with Crippen molar-refractivity contribution in [3.63, 3.8) is 0 Å². The molecule has 1 aromatic heterocycles. The molecular formula is C26H28N4O3. The summed E-state index contributed by atoms with van der Waals surface area (Å²) < 4.78 is 0. The third-order valence-corrected chi connectivity index (χ3v) is 5.03. The van der Waals surface area contributed by atoms with Gasteiger partial charge in [-0.05, 0) is 49.2 Å². The molecule has 7 nitrogen and oxygen atoms in total. The first-order valence-corrected chi connectivity index (χ1v) is 10.8. The van der Waals surface area contributed by atoms with E-state index in [-0.39, 0.29) is 37.1 Å². The van der Waals surface area contributed by atoms with Crippen molar-refractivity contribution in [3.8, 4) is 0 Å². The topological polar surface area (TPSA) is 91.4 Å². The molecule has 0 radical (unpaired) electrons. The molecule has 0 aliphatic heterocycles. The van der Waals surface area contributed by atoms with Crippen LogP contribution in [-0.2, 0) is 20.9 Å². The minimum absolute atomic E-state index is 0.0115. The maximum atomic E-state index is 13.0. The van der Waals surface area contributed by atoms with Gasteiger partial charge >= 0.3 is 0 Å². The summed E-state index contributed by atoms with van der Waals surface area (Å²) in [6.07, 6.45) is 1.57. The van der Waals surface area contributed by atoms with E-state index < -0.39 is 0 Å². The molecule has 0 unspecified atom stereocenters. The van der Waals surface area contributed by atoms with Gasteiger partial charge in [0.05, 0.1) is 0 Å². The number of hydrogen-bond acceptors (Lipinski definition) is 4. The zero-order valence-electron chi connectivity index (χ0n) is 18.9. The third kappa shape index (κ3) is 7.57. The van der Waals surface area contributed by atoms with Crippen LogP contribution < -0.4 is 15.5 Å². The van der Waals surface area contributed by atoms with Crippen molar-refractivity contribution in [2.75, 3.05) is 16.8 Å². The largest absolute Gasteiger partial charge is 0.350 e. The highest BCUT2D eigenvalue weighted by Gasteiger charge is 2.20. The molecule has 2 aromatic carbocycles. The molecule has 0 atom stereocenters. The normalized spacial score (nSPS) is 10.4. The van der Waals surface area contributed by atoms with Crippen molar-refractivity contribution >= 4 is 29.2 Å². The van der Waals surface area contributed by atoms with Gasteiger partial charge in [-0.15, -0.1) is 0 Å². The molecule has 0 spiro atoms. The van der Waals surface area contributed by atoms with Gasteiger partial charge in [-0.1, -0.05) is 48.0 Å². The Labute approximate surface area is 193 Å². The zero-order valence-corrected chi connectivity index (χ0v) is 18.9. The zero-order chi connectivity index (χ0) is 23.6. The Morgan fingerprint density at radius 2 is 1.58 bits per heavy atom. The number of nitrogens with one attached hydrogen (secondary N) is 2. The van der Waals surface area contributed by atoms with Gasteiger partial charge in [0.1, 0.15) is 12.4 Å². The van der Waals surface area contributed by atoms with Crippen LogP contribution >= 0.6 is 0 Å². The van der Waals surface area contributed by atoms with Gasteiger partial charge in [0, 0.05) is 31.3 Å². The summed E-state index contributed by atoms with van der Waals surface area (Å²) in [6.45, 7) is 4.10. The van der Waals surface area contributed by atoms with E-state index >= 15 is 0 Å². The van der Waals surface area contributed by atoms with Crippen LogP contribution in [0.3, 0.4) is 0 Å². The second-order valence-corrected chi connectivity index (χ2v) is 7.84. The Bertz CT molecular complexity index is 1100. The number of amides is 3. The van der Waals surface area contributed by atoms with Crippen molar-refractivity contribution in [2.45, 2.75) is 33.2 Å². The lowest BCUT2D eigenvalue weighted by Gasteiger charge is -2.22. The quantitative estimate of drug-likeness (QED) is 0.526. The minimum Gasteiger partial charge on any atom is -0.350 e. The van der Waals surface area contributed by atoms with E-state index in [0.717, 1.165) is 16.7 Å². The predicted octanol–water partition coefficient (Wildman–Crippen LogP) is 3.77. The van der Waals surface area contributed by atoms with Crippen LogP contribution in [-0.4, -0.2) is 29.3 Å². The summed E-state index contributed by atoms with van der Waals surface area (Å²) in [6, 6.07) is 20.5. The maximum absolute atomic E-state index is 13.0. The number of anilines is 2. The van der Waals surface area contributed by atoms with Gasteiger partial charge in [-0.2, -0.15) is 0 Å². The highest BCUT2D eigenvalue weighted by atomic mass is 16.2. The standard InChI is InChI=1S/C26H28N4O3/c1-19-8-10-22(11-9-19)30(18-25(32)28-17-21-6-4-3-5-7-21)26(33)13-12-24(31)29-23-16-20(2)14-15-27-23/h3-11,14-16H,12-13,17-18H2,1-2H3,(H,28,32)(H,27,29,31). The first kappa shape index (κ1) is 23.7. The summed E-state index contributed by atoms with van der Waals surface area (Å²) >= 11 is 0. The second kappa shape index (κ2) is 11.6. The number of hydrogen-bond donors (Lipinski definition) is 2. The van der Waals surface area contributed by atoms with Gasteiger partial charge in [0.25, 0.3) is 0 Å². The molecule has 33 heavy (non-hydrogen) atoms. The van der Waals surface area contributed by atoms with Gasteiger partial charge in [-0.25, -0.2) is 4.98 Å². The van der Waals surface area contributed by atoms with E-state index in [4.69, 9.17) is 0 Å². The number of carbonyl (C=O) groups excluding carboxylic acids is 3. The van der Waals surface area contributed by atoms with E-state index in [1.807, 2.05) is 62.4 Å². The van der Waals surface area contributed by atoms with E-state index in [1.54, 1.807) is 24.4 Å². The van der Waals surface area contributed by atoms with E-state index in [9.17, 15) is 14.4 Å². The first-order chi connectivity index (χ1) is 15.9. The van der Waals surface area contributed by atoms with Crippen LogP contribution in [0.5, 0.6) is 0 Å². The summed E-state index contributed by atoms with van der Waals surface area (Å²) in [4.78, 5) is 43.4. The summed E-state index contributed by atoms with van der Waals surface area (Å²) in [5, 5.41) is 5.55. The third-order valence-electron chi connectivity index (χ3n) is 5.03. The molecule has 3 aromatic rings. The molecule has 2 N–H and O–H groups in total. The molecule has 0 aliphatic rings. The van der Waals surface area contributed by atoms with Crippen LogP contribution in [0.2, 0.25) is 0 Å². The smallest absolute Gasteiger partial charge is 0.240 e. The monoisotopic (exact) mass is 444 g/mol. The Balaban J connectivity index is 1.61. The van der Waals surface area contributed by atoms with Crippen molar-refractivity contribution in [1.82, 2.24) is 10.3 Å². The maximum Gasteiger partial charge on any atom is 0.240 e. The van der Waals surface area contributed by atoms with E-state index in [1.165, 1.54) is 4.90 Å². The molecule has 3 amide bonds. The Morgan fingerprint density at radius 1 is 0.848 bits per heavy atom. The van der Waals surface area contributed by atoms with Crippen LogP contribution in [0.4, 0.5) is 11.5 Å². The molecule has 7 heteroatoms. The molecule has 0 fully saturated rings. The number of aromatic nitrogens is 1. The Kier molecular flexibility index (Phi) is 8.30. The number of pyridine rings is 1. The lowest BCUT2D eigenvalue weighted by atomic mass is 10.2. The average Bonchev–Trinajstić information content (AvgIpc) is 2.81.